The van der Waals surface area contributed by atoms with Crippen LogP contribution >= 0.6 is 11.6 Å². The Morgan fingerprint density at radius 3 is 3.11 bits per heavy atom. The van der Waals surface area contributed by atoms with Gasteiger partial charge in [0.2, 0.25) is 5.91 Å². The molecule has 2 aromatic heterocycles. The average molecular weight is 403 g/mol. The molecular weight excluding hydrogens is 383 g/mol. The van der Waals surface area contributed by atoms with Crippen LogP contribution < -0.4 is 15.5 Å². The van der Waals surface area contributed by atoms with Gasteiger partial charge in [0.25, 0.3) is 0 Å². The van der Waals surface area contributed by atoms with E-state index in [4.69, 9.17) is 11.6 Å². The van der Waals surface area contributed by atoms with Crippen LogP contribution in [0.15, 0.2) is 36.8 Å². The fourth-order valence-corrected chi connectivity index (χ4v) is 3.74. The Balaban J connectivity index is 1.36. The topological polar surface area (TPSA) is 85.9 Å². The minimum absolute atomic E-state index is 0.0168. The molecule has 1 aromatic carbocycles. The SMILES string of the molecule is O=C(CNc1cc(F)cc(Cl)c1)N[C@@H]1CCCN(c2ncnc3[nH]ccc23)C1. The van der Waals surface area contributed by atoms with E-state index in [-0.39, 0.29) is 23.5 Å². The third kappa shape index (κ3) is 4.17. The normalized spacial score (nSPS) is 16.9. The van der Waals surface area contributed by atoms with E-state index in [9.17, 15) is 9.18 Å². The highest BCUT2D eigenvalue weighted by Gasteiger charge is 2.23. The fourth-order valence-electron chi connectivity index (χ4n) is 3.51. The molecule has 1 amide bonds. The van der Waals surface area contributed by atoms with Crippen molar-refractivity contribution in [1.82, 2.24) is 20.3 Å². The van der Waals surface area contributed by atoms with Gasteiger partial charge < -0.3 is 20.5 Å². The monoisotopic (exact) mass is 402 g/mol. The van der Waals surface area contributed by atoms with Crippen LogP contribution in [0, 0.1) is 5.82 Å². The Labute approximate surface area is 166 Å². The fraction of sp³-hybridized carbons (Fsp3) is 0.316. The summed E-state index contributed by atoms with van der Waals surface area (Å²) in [4.78, 5) is 26.2. The maximum absolute atomic E-state index is 13.4. The Bertz CT molecular complexity index is 973. The van der Waals surface area contributed by atoms with E-state index in [1.807, 2.05) is 12.3 Å². The van der Waals surface area contributed by atoms with Gasteiger partial charge in [-0.3, -0.25) is 4.79 Å². The Kier molecular flexibility index (Phi) is 5.29. The van der Waals surface area contributed by atoms with E-state index < -0.39 is 5.82 Å². The van der Waals surface area contributed by atoms with Crippen molar-refractivity contribution in [3.05, 3.63) is 47.6 Å². The number of rotatable bonds is 5. The van der Waals surface area contributed by atoms with Crippen molar-refractivity contribution in [2.45, 2.75) is 18.9 Å². The molecule has 28 heavy (non-hydrogen) atoms. The first-order valence-corrected chi connectivity index (χ1v) is 9.48. The van der Waals surface area contributed by atoms with Crippen LogP contribution in [-0.4, -0.2) is 46.5 Å². The number of nitrogens with zero attached hydrogens (tertiary/aromatic N) is 3. The van der Waals surface area contributed by atoms with Gasteiger partial charge in [-0.1, -0.05) is 11.6 Å². The number of benzene rings is 1. The zero-order valence-electron chi connectivity index (χ0n) is 15.1. The summed E-state index contributed by atoms with van der Waals surface area (Å²) in [5.74, 6) is 0.277. The largest absolute Gasteiger partial charge is 0.376 e. The van der Waals surface area contributed by atoms with Crippen molar-refractivity contribution >= 4 is 40.0 Å². The number of piperidine rings is 1. The van der Waals surface area contributed by atoms with Crippen molar-refractivity contribution in [3.8, 4) is 0 Å². The first-order chi connectivity index (χ1) is 13.6. The predicted molar refractivity (Wildman–Crippen MR) is 107 cm³/mol. The van der Waals surface area contributed by atoms with E-state index >= 15 is 0 Å². The van der Waals surface area contributed by atoms with Gasteiger partial charge in [-0.15, -0.1) is 0 Å². The smallest absolute Gasteiger partial charge is 0.239 e. The zero-order chi connectivity index (χ0) is 19.5. The molecule has 1 fully saturated rings. The molecule has 146 valence electrons. The van der Waals surface area contributed by atoms with Crippen molar-refractivity contribution in [2.24, 2.45) is 0 Å². The number of aromatic amines is 1. The predicted octanol–water partition coefficient (Wildman–Crippen LogP) is 2.95. The van der Waals surface area contributed by atoms with Gasteiger partial charge in [-0.25, -0.2) is 14.4 Å². The van der Waals surface area contributed by atoms with Crippen LogP contribution in [0.3, 0.4) is 0 Å². The van der Waals surface area contributed by atoms with Crippen LogP contribution in [0.1, 0.15) is 12.8 Å². The lowest BCUT2D eigenvalue weighted by molar-refractivity contribution is -0.120. The van der Waals surface area contributed by atoms with Crippen LogP contribution in [-0.2, 0) is 4.79 Å². The summed E-state index contributed by atoms with van der Waals surface area (Å²) in [6, 6.07) is 6.08. The molecule has 0 aliphatic carbocycles. The molecule has 0 spiro atoms. The van der Waals surface area contributed by atoms with Gasteiger partial charge in [0.15, 0.2) is 0 Å². The molecule has 9 heteroatoms. The maximum Gasteiger partial charge on any atom is 0.239 e. The van der Waals surface area contributed by atoms with Gasteiger partial charge in [-0.05, 0) is 37.1 Å². The second-order valence-electron chi connectivity index (χ2n) is 6.80. The highest BCUT2D eigenvalue weighted by Crippen LogP contribution is 2.25. The summed E-state index contributed by atoms with van der Waals surface area (Å²) in [5.41, 5.74) is 1.27. The van der Waals surface area contributed by atoms with E-state index in [2.05, 4.69) is 30.5 Å². The quantitative estimate of drug-likeness (QED) is 0.611. The van der Waals surface area contributed by atoms with Gasteiger partial charge >= 0.3 is 0 Å². The average Bonchev–Trinajstić information content (AvgIpc) is 3.15. The number of fused-ring (bicyclic) bond motifs is 1. The van der Waals surface area contributed by atoms with E-state index in [0.717, 1.165) is 36.2 Å². The minimum Gasteiger partial charge on any atom is -0.376 e. The van der Waals surface area contributed by atoms with Crippen LogP contribution in [0.25, 0.3) is 11.0 Å². The summed E-state index contributed by atoms with van der Waals surface area (Å²) in [6.45, 7) is 1.60. The van der Waals surface area contributed by atoms with Gasteiger partial charge in [0.1, 0.15) is 23.6 Å². The molecule has 1 aliphatic rings. The summed E-state index contributed by atoms with van der Waals surface area (Å²) < 4.78 is 13.4. The highest BCUT2D eigenvalue weighted by atomic mass is 35.5. The second-order valence-corrected chi connectivity index (χ2v) is 7.24. The van der Waals surface area contributed by atoms with Crippen molar-refractivity contribution in [1.29, 1.82) is 0 Å². The second kappa shape index (κ2) is 8.02. The first-order valence-electron chi connectivity index (χ1n) is 9.11. The zero-order valence-corrected chi connectivity index (χ0v) is 15.8. The van der Waals surface area contributed by atoms with Crippen LogP contribution in [0.4, 0.5) is 15.9 Å². The van der Waals surface area contributed by atoms with Gasteiger partial charge in [0, 0.05) is 36.0 Å². The molecule has 0 saturated carbocycles. The minimum atomic E-state index is -0.445. The summed E-state index contributed by atoms with van der Waals surface area (Å²) >= 11 is 5.83. The van der Waals surface area contributed by atoms with Gasteiger partial charge in [-0.2, -0.15) is 0 Å². The van der Waals surface area contributed by atoms with Crippen LogP contribution in [0.5, 0.6) is 0 Å². The maximum atomic E-state index is 13.4. The van der Waals surface area contributed by atoms with E-state index in [0.29, 0.717) is 12.2 Å². The number of amides is 1. The number of halogens is 2. The third-order valence-electron chi connectivity index (χ3n) is 4.73. The highest BCUT2D eigenvalue weighted by molar-refractivity contribution is 6.30. The molecule has 1 atom stereocenters. The van der Waals surface area contributed by atoms with E-state index in [1.165, 1.54) is 12.1 Å². The summed E-state index contributed by atoms with van der Waals surface area (Å²) in [5, 5.41) is 7.20. The van der Waals surface area contributed by atoms with Crippen LogP contribution in [0.2, 0.25) is 5.02 Å². The molecule has 3 heterocycles. The summed E-state index contributed by atoms with van der Waals surface area (Å²) in [7, 11) is 0. The number of carbonyl (C=O) groups excluding carboxylic acids is 1. The molecule has 0 unspecified atom stereocenters. The number of hydrogen-bond acceptors (Lipinski definition) is 5. The number of H-pyrrole nitrogens is 1. The molecule has 1 aliphatic heterocycles. The molecular formula is C19H20ClFN6O. The standard InChI is InChI=1S/C19H20ClFN6O/c20-12-6-13(21)8-15(7-12)23-9-17(28)26-14-2-1-5-27(10-14)19-16-3-4-22-18(16)24-11-25-19/h3-4,6-8,11,14,23H,1-2,5,9-10H2,(H,26,28)(H,22,24,25)/t14-/m1/s1. The molecule has 3 N–H and O–H groups in total. The molecule has 0 bridgehead atoms. The van der Waals surface area contributed by atoms with Gasteiger partial charge in [0.05, 0.1) is 11.9 Å². The summed E-state index contributed by atoms with van der Waals surface area (Å²) in [6.07, 6.45) is 5.24. The Hall–Kier alpha value is -2.87. The number of hydrogen-bond donors (Lipinski definition) is 3. The van der Waals surface area contributed by atoms with E-state index in [1.54, 1.807) is 12.4 Å². The molecule has 3 aromatic rings. The molecule has 4 rings (SSSR count). The number of carbonyl (C=O) groups is 1. The Morgan fingerprint density at radius 2 is 2.25 bits per heavy atom. The lowest BCUT2D eigenvalue weighted by Gasteiger charge is -2.34. The number of anilines is 2. The number of aromatic nitrogens is 3. The number of nitrogens with one attached hydrogen (secondary N) is 3. The first kappa shape index (κ1) is 18.5. The van der Waals surface area contributed by atoms with Crippen molar-refractivity contribution < 1.29 is 9.18 Å². The lowest BCUT2D eigenvalue weighted by Crippen LogP contribution is -2.49. The molecule has 0 radical (unpaired) electrons. The Morgan fingerprint density at radius 1 is 1.36 bits per heavy atom. The van der Waals surface area contributed by atoms with Crippen molar-refractivity contribution in [3.63, 3.8) is 0 Å². The lowest BCUT2D eigenvalue weighted by atomic mass is 10.1. The van der Waals surface area contributed by atoms with Crippen molar-refractivity contribution in [2.75, 3.05) is 29.9 Å². The third-order valence-corrected chi connectivity index (χ3v) is 4.95. The molecule has 1 saturated heterocycles. The molecule has 7 nitrogen and oxygen atoms in total.